The van der Waals surface area contributed by atoms with E-state index in [0.717, 1.165) is 31.6 Å². The number of nitrogens with zero attached hydrogens (tertiary/aromatic N) is 2. The van der Waals surface area contributed by atoms with Crippen molar-refractivity contribution in [1.82, 2.24) is 15.1 Å². The molecular formula is C21H25N3O3. The smallest absolute Gasteiger partial charge is 0.410 e. The van der Waals surface area contributed by atoms with Crippen molar-refractivity contribution in [2.24, 2.45) is 0 Å². The topological polar surface area (TPSA) is 61.9 Å². The molecule has 0 aliphatic carbocycles. The summed E-state index contributed by atoms with van der Waals surface area (Å²) in [4.78, 5) is 28.1. The molecule has 0 bridgehead atoms. The Hall–Kier alpha value is -2.86. The average Bonchev–Trinajstić information content (AvgIpc) is 2.94. The Morgan fingerprint density at radius 2 is 1.70 bits per heavy atom. The maximum atomic E-state index is 12.4. The largest absolute Gasteiger partial charge is 0.415 e. The maximum absolute atomic E-state index is 12.4. The minimum absolute atomic E-state index is 0.0797. The van der Waals surface area contributed by atoms with Gasteiger partial charge in [-0.05, 0) is 36.2 Å². The molecule has 3 rings (SSSR count). The number of carbonyl (C=O) groups excluding carboxylic acids is 2. The summed E-state index contributed by atoms with van der Waals surface area (Å²) in [7, 11) is 1.63. The highest BCUT2D eigenvalue weighted by Crippen LogP contribution is 2.14. The molecule has 1 aliphatic rings. The van der Waals surface area contributed by atoms with Gasteiger partial charge in [-0.1, -0.05) is 30.3 Å². The molecular weight excluding hydrogens is 342 g/mol. The molecule has 0 radical (unpaired) electrons. The number of hydrogen-bond acceptors (Lipinski definition) is 4. The Morgan fingerprint density at radius 1 is 0.963 bits per heavy atom. The Balaban J connectivity index is 1.52. The molecule has 1 N–H and O–H groups in total. The summed E-state index contributed by atoms with van der Waals surface area (Å²) in [6.07, 6.45) is 0.609. The fourth-order valence-corrected chi connectivity index (χ4v) is 3.13. The van der Waals surface area contributed by atoms with Gasteiger partial charge in [0.1, 0.15) is 5.75 Å². The van der Waals surface area contributed by atoms with E-state index in [9.17, 15) is 9.59 Å². The minimum atomic E-state index is -0.294. The Morgan fingerprint density at radius 3 is 2.41 bits per heavy atom. The van der Waals surface area contributed by atoms with Gasteiger partial charge in [-0.3, -0.25) is 9.69 Å². The maximum Gasteiger partial charge on any atom is 0.415 e. The van der Waals surface area contributed by atoms with Gasteiger partial charge in [-0.2, -0.15) is 0 Å². The third kappa shape index (κ3) is 5.31. The number of benzene rings is 2. The van der Waals surface area contributed by atoms with Crippen molar-refractivity contribution in [3.63, 3.8) is 0 Å². The van der Waals surface area contributed by atoms with E-state index in [1.807, 2.05) is 42.5 Å². The van der Waals surface area contributed by atoms with E-state index in [1.165, 1.54) is 0 Å². The third-order valence-corrected chi connectivity index (χ3v) is 4.64. The standard InChI is InChI=1S/C21H25N3O3/c1-22-20(25)18-10-8-17(9-11-18)16-23-12-5-13-24(15-14-23)21(26)27-19-6-3-2-4-7-19/h2-4,6-11H,5,12-16H2,1H3,(H,22,25). The molecule has 0 atom stereocenters. The summed E-state index contributed by atoms with van der Waals surface area (Å²) in [6.45, 7) is 3.85. The molecule has 0 unspecified atom stereocenters. The zero-order valence-corrected chi connectivity index (χ0v) is 15.6. The molecule has 0 spiro atoms. The van der Waals surface area contributed by atoms with Gasteiger partial charge in [0.25, 0.3) is 5.91 Å². The van der Waals surface area contributed by atoms with Gasteiger partial charge in [-0.15, -0.1) is 0 Å². The van der Waals surface area contributed by atoms with Crippen molar-refractivity contribution in [1.29, 1.82) is 0 Å². The number of nitrogens with one attached hydrogen (secondary N) is 1. The van der Waals surface area contributed by atoms with E-state index in [2.05, 4.69) is 10.2 Å². The zero-order valence-electron chi connectivity index (χ0n) is 15.6. The first-order valence-electron chi connectivity index (χ1n) is 9.21. The second-order valence-electron chi connectivity index (χ2n) is 6.57. The van der Waals surface area contributed by atoms with Crippen molar-refractivity contribution in [3.8, 4) is 5.75 Å². The predicted octanol–water partition coefficient (Wildman–Crippen LogP) is 2.75. The highest BCUT2D eigenvalue weighted by Gasteiger charge is 2.20. The molecule has 27 heavy (non-hydrogen) atoms. The second kappa shape index (κ2) is 9.19. The van der Waals surface area contributed by atoms with Crippen LogP contribution in [0, 0.1) is 0 Å². The Labute approximate surface area is 159 Å². The first-order chi connectivity index (χ1) is 13.2. The number of rotatable bonds is 4. The number of para-hydroxylation sites is 1. The number of hydrogen-bond donors (Lipinski definition) is 1. The van der Waals surface area contributed by atoms with E-state index < -0.39 is 0 Å². The van der Waals surface area contributed by atoms with Crippen LogP contribution in [-0.2, 0) is 6.54 Å². The molecule has 1 saturated heterocycles. The lowest BCUT2D eigenvalue weighted by atomic mass is 10.1. The van der Waals surface area contributed by atoms with Crippen LogP contribution in [-0.4, -0.2) is 55.0 Å². The monoisotopic (exact) mass is 367 g/mol. The summed E-state index contributed by atoms with van der Waals surface area (Å²) in [6, 6.07) is 16.8. The van der Waals surface area contributed by atoms with Crippen LogP contribution in [0.4, 0.5) is 4.79 Å². The highest BCUT2D eigenvalue weighted by molar-refractivity contribution is 5.93. The van der Waals surface area contributed by atoms with Crippen LogP contribution < -0.4 is 10.1 Å². The van der Waals surface area contributed by atoms with Crippen molar-refractivity contribution >= 4 is 12.0 Å². The number of ether oxygens (including phenoxy) is 1. The fraction of sp³-hybridized carbons (Fsp3) is 0.333. The fourth-order valence-electron chi connectivity index (χ4n) is 3.13. The molecule has 2 aromatic rings. The van der Waals surface area contributed by atoms with Crippen molar-refractivity contribution < 1.29 is 14.3 Å². The minimum Gasteiger partial charge on any atom is -0.410 e. The van der Waals surface area contributed by atoms with Gasteiger partial charge < -0.3 is 15.0 Å². The molecule has 6 heteroatoms. The van der Waals surface area contributed by atoms with Gasteiger partial charge in [0.2, 0.25) is 0 Å². The molecule has 1 heterocycles. The SMILES string of the molecule is CNC(=O)c1ccc(CN2CCCN(C(=O)Oc3ccccc3)CC2)cc1. The molecule has 142 valence electrons. The predicted molar refractivity (Wildman–Crippen MR) is 104 cm³/mol. The molecule has 0 aromatic heterocycles. The van der Waals surface area contributed by atoms with E-state index in [0.29, 0.717) is 24.4 Å². The van der Waals surface area contributed by atoms with Gasteiger partial charge in [0, 0.05) is 45.3 Å². The van der Waals surface area contributed by atoms with Crippen LogP contribution in [0.25, 0.3) is 0 Å². The average molecular weight is 367 g/mol. The van der Waals surface area contributed by atoms with Crippen LogP contribution in [0.2, 0.25) is 0 Å². The lowest BCUT2D eigenvalue weighted by molar-refractivity contribution is 0.0963. The molecule has 1 fully saturated rings. The second-order valence-corrected chi connectivity index (χ2v) is 6.57. The third-order valence-electron chi connectivity index (χ3n) is 4.64. The van der Waals surface area contributed by atoms with Crippen LogP contribution >= 0.6 is 0 Å². The summed E-state index contributed by atoms with van der Waals surface area (Å²) in [5.41, 5.74) is 1.81. The number of carbonyl (C=O) groups is 2. The summed E-state index contributed by atoms with van der Waals surface area (Å²) in [5, 5.41) is 2.62. The van der Waals surface area contributed by atoms with Crippen molar-refractivity contribution in [2.75, 3.05) is 33.2 Å². The van der Waals surface area contributed by atoms with Crippen LogP contribution in [0.5, 0.6) is 5.75 Å². The van der Waals surface area contributed by atoms with Gasteiger partial charge >= 0.3 is 6.09 Å². The quantitative estimate of drug-likeness (QED) is 0.903. The van der Waals surface area contributed by atoms with Gasteiger partial charge in [0.05, 0.1) is 0 Å². The van der Waals surface area contributed by atoms with Crippen molar-refractivity contribution in [2.45, 2.75) is 13.0 Å². The van der Waals surface area contributed by atoms with Crippen LogP contribution in [0.15, 0.2) is 54.6 Å². The summed E-state index contributed by atoms with van der Waals surface area (Å²) < 4.78 is 5.44. The Bertz CT molecular complexity index is 762. The lowest BCUT2D eigenvalue weighted by Crippen LogP contribution is -2.36. The van der Waals surface area contributed by atoms with Crippen LogP contribution in [0.1, 0.15) is 22.3 Å². The summed E-state index contributed by atoms with van der Waals surface area (Å²) in [5.74, 6) is 0.490. The van der Waals surface area contributed by atoms with Crippen molar-refractivity contribution in [3.05, 3.63) is 65.7 Å². The number of amides is 2. The first-order valence-corrected chi connectivity index (χ1v) is 9.21. The highest BCUT2D eigenvalue weighted by atomic mass is 16.6. The van der Waals surface area contributed by atoms with E-state index in [1.54, 1.807) is 24.1 Å². The van der Waals surface area contributed by atoms with E-state index in [-0.39, 0.29) is 12.0 Å². The lowest BCUT2D eigenvalue weighted by Gasteiger charge is -2.21. The Kier molecular flexibility index (Phi) is 6.44. The first kappa shape index (κ1) is 18.9. The molecule has 0 saturated carbocycles. The molecule has 1 aliphatic heterocycles. The molecule has 2 aromatic carbocycles. The zero-order chi connectivity index (χ0) is 19.1. The van der Waals surface area contributed by atoms with Crippen LogP contribution in [0.3, 0.4) is 0 Å². The van der Waals surface area contributed by atoms with E-state index >= 15 is 0 Å². The van der Waals surface area contributed by atoms with Gasteiger partial charge in [-0.25, -0.2) is 4.79 Å². The van der Waals surface area contributed by atoms with Gasteiger partial charge in [0.15, 0.2) is 0 Å². The normalized spacial score (nSPS) is 15.1. The summed E-state index contributed by atoms with van der Waals surface area (Å²) >= 11 is 0. The van der Waals surface area contributed by atoms with E-state index in [4.69, 9.17) is 4.74 Å². The molecule has 6 nitrogen and oxygen atoms in total. The molecule has 2 amide bonds.